The van der Waals surface area contributed by atoms with Crippen LogP contribution in [-0.2, 0) is 11.3 Å². The van der Waals surface area contributed by atoms with Gasteiger partial charge in [0.05, 0.1) is 5.57 Å². The third kappa shape index (κ3) is 3.36. The standard InChI is InChI=1S/C27H21N5OS/c1-2-24-30-32-25(28)22(26(33)29-27(32)34-24)14-19-16-31(23-13-6-5-12-21(19)23)15-18-10-7-9-17-8-3-4-11-20(17)18/h3-14,16,28H,2,15H2,1H3/b22-14-,28-25?. The average Bonchev–Trinajstić information content (AvgIpc) is 3.43. The highest BCUT2D eigenvalue weighted by Crippen LogP contribution is 2.31. The van der Waals surface area contributed by atoms with Crippen LogP contribution in [0.2, 0.25) is 0 Å². The van der Waals surface area contributed by atoms with E-state index in [4.69, 9.17) is 5.41 Å². The molecule has 6 rings (SSSR count). The number of hydrogen-bond acceptors (Lipinski definition) is 4. The largest absolute Gasteiger partial charge is 0.342 e. The molecule has 0 radical (unpaired) electrons. The number of nitrogens with zero attached hydrogens (tertiary/aromatic N) is 4. The first kappa shape index (κ1) is 20.6. The Bertz CT molecular complexity index is 1590. The number of benzene rings is 3. The number of hydrazone groups is 1. The first-order chi connectivity index (χ1) is 16.6. The second-order valence-corrected chi connectivity index (χ2v) is 9.28. The lowest BCUT2D eigenvalue weighted by atomic mass is 10.0. The van der Waals surface area contributed by atoms with Crippen LogP contribution in [0.1, 0.15) is 24.5 Å². The number of thioether (sulfide) groups is 1. The number of hydrogen-bond donors (Lipinski definition) is 1. The van der Waals surface area contributed by atoms with Crippen molar-refractivity contribution < 1.29 is 4.79 Å². The summed E-state index contributed by atoms with van der Waals surface area (Å²) in [6, 6.07) is 22.9. The summed E-state index contributed by atoms with van der Waals surface area (Å²) < 4.78 is 2.20. The number of amides is 1. The topological polar surface area (TPSA) is 73.8 Å². The van der Waals surface area contributed by atoms with Crippen LogP contribution in [0.15, 0.2) is 88.6 Å². The fourth-order valence-electron chi connectivity index (χ4n) is 4.47. The van der Waals surface area contributed by atoms with Crippen molar-refractivity contribution in [1.29, 1.82) is 5.41 Å². The molecule has 3 heterocycles. The van der Waals surface area contributed by atoms with E-state index in [0.29, 0.717) is 11.7 Å². The van der Waals surface area contributed by atoms with Gasteiger partial charge in [-0.05, 0) is 46.7 Å². The minimum Gasteiger partial charge on any atom is -0.342 e. The van der Waals surface area contributed by atoms with Gasteiger partial charge in [-0.2, -0.15) is 15.1 Å². The van der Waals surface area contributed by atoms with Gasteiger partial charge in [-0.25, -0.2) is 0 Å². The molecule has 3 aromatic carbocycles. The first-order valence-electron chi connectivity index (χ1n) is 11.2. The van der Waals surface area contributed by atoms with Gasteiger partial charge < -0.3 is 4.57 Å². The van der Waals surface area contributed by atoms with Crippen LogP contribution in [0.5, 0.6) is 0 Å². The molecule has 166 valence electrons. The van der Waals surface area contributed by atoms with E-state index in [0.717, 1.165) is 27.9 Å². The van der Waals surface area contributed by atoms with E-state index >= 15 is 0 Å². The van der Waals surface area contributed by atoms with Gasteiger partial charge in [0.15, 0.2) is 5.84 Å². The minimum atomic E-state index is -0.401. The quantitative estimate of drug-likeness (QED) is 0.385. The lowest BCUT2D eigenvalue weighted by Crippen LogP contribution is -2.35. The molecule has 4 aromatic rings. The zero-order valence-corrected chi connectivity index (χ0v) is 19.3. The Labute approximate surface area is 200 Å². The van der Waals surface area contributed by atoms with Crippen LogP contribution in [0.3, 0.4) is 0 Å². The van der Waals surface area contributed by atoms with E-state index in [-0.39, 0.29) is 11.4 Å². The van der Waals surface area contributed by atoms with Crippen LogP contribution in [0, 0.1) is 5.41 Å². The molecule has 2 aliphatic rings. The predicted octanol–water partition coefficient (Wildman–Crippen LogP) is 5.87. The third-order valence-corrected chi connectivity index (χ3v) is 7.19. The monoisotopic (exact) mass is 463 g/mol. The lowest BCUT2D eigenvalue weighted by molar-refractivity contribution is -0.114. The van der Waals surface area contributed by atoms with E-state index in [1.165, 1.54) is 33.1 Å². The van der Waals surface area contributed by atoms with Gasteiger partial charge >= 0.3 is 0 Å². The van der Waals surface area contributed by atoms with Gasteiger partial charge in [0.2, 0.25) is 5.17 Å². The summed E-state index contributed by atoms with van der Waals surface area (Å²) in [4.78, 5) is 17.0. The SMILES string of the molecule is CCC1=NN2C(=N)/C(=C/c3cn(Cc4cccc5ccccc45)c4ccccc34)C(=O)N=C2S1. The van der Waals surface area contributed by atoms with Gasteiger partial charge in [-0.1, -0.05) is 67.6 Å². The van der Waals surface area contributed by atoms with Crippen molar-refractivity contribution in [3.63, 3.8) is 0 Å². The molecule has 0 unspecified atom stereocenters. The normalized spacial score (nSPS) is 17.0. The van der Waals surface area contributed by atoms with Crippen molar-refractivity contribution in [3.8, 4) is 0 Å². The number of nitrogens with one attached hydrogen (secondary N) is 1. The number of aromatic nitrogens is 1. The number of rotatable bonds is 4. The Balaban J connectivity index is 1.43. The molecule has 0 saturated heterocycles. The molecule has 0 fully saturated rings. The molecule has 6 nitrogen and oxygen atoms in total. The highest BCUT2D eigenvalue weighted by molar-refractivity contribution is 8.26. The zero-order chi connectivity index (χ0) is 23.2. The molecular weight excluding hydrogens is 442 g/mol. The van der Waals surface area contributed by atoms with Crippen LogP contribution in [0.25, 0.3) is 27.8 Å². The molecule has 34 heavy (non-hydrogen) atoms. The Morgan fingerprint density at radius 1 is 1.00 bits per heavy atom. The molecule has 0 spiro atoms. The fourth-order valence-corrected chi connectivity index (χ4v) is 5.29. The summed E-state index contributed by atoms with van der Waals surface area (Å²) >= 11 is 1.35. The maximum atomic E-state index is 12.8. The van der Waals surface area contributed by atoms with Gasteiger partial charge in [-0.15, -0.1) is 0 Å². The van der Waals surface area contributed by atoms with Gasteiger partial charge in [0.1, 0.15) is 5.04 Å². The number of carbonyl (C=O) groups excluding carboxylic acids is 1. The fraction of sp³-hybridized carbons (Fsp3) is 0.111. The van der Waals surface area contributed by atoms with Gasteiger partial charge in [0, 0.05) is 29.2 Å². The van der Waals surface area contributed by atoms with Crippen molar-refractivity contribution >= 4 is 61.5 Å². The predicted molar refractivity (Wildman–Crippen MR) is 140 cm³/mol. The van der Waals surface area contributed by atoms with Crippen molar-refractivity contribution in [2.45, 2.75) is 19.9 Å². The summed E-state index contributed by atoms with van der Waals surface area (Å²) in [5.41, 5.74) is 3.43. The molecule has 1 aromatic heterocycles. The Morgan fingerprint density at radius 2 is 1.76 bits per heavy atom. The lowest BCUT2D eigenvalue weighted by Gasteiger charge is -2.20. The van der Waals surface area contributed by atoms with Crippen LogP contribution < -0.4 is 0 Å². The van der Waals surface area contributed by atoms with E-state index in [1.54, 1.807) is 6.08 Å². The number of aliphatic imine (C=N–C) groups is 1. The molecular formula is C27H21N5OS. The maximum Gasteiger partial charge on any atom is 0.283 e. The van der Waals surface area contributed by atoms with Crippen LogP contribution in [-0.4, -0.2) is 31.5 Å². The molecule has 0 saturated carbocycles. The number of fused-ring (bicyclic) bond motifs is 3. The van der Waals surface area contributed by atoms with Crippen molar-refractivity contribution in [3.05, 3.63) is 89.6 Å². The number of para-hydroxylation sites is 1. The first-order valence-corrected chi connectivity index (χ1v) is 12.0. The van der Waals surface area contributed by atoms with E-state index < -0.39 is 5.91 Å². The minimum absolute atomic E-state index is 0.0665. The number of carbonyl (C=O) groups is 1. The van der Waals surface area contributed by atoms with E-state index in [1.807, 2.05) is 25.1 Å². The average molecular weight is 464 g/mol. The second-order valence-electron chi connectivity index (χ2n) is 8.24. The Morgan fingerprint density at radius 3 is 2.62 bits per heavy atom. The Hall–Kier alpha value is -3.97. The van der Waals surface area contributed by atoms with Crippen molar-refractivity contribution in [2.75, 3.05) is 0 Å². The summed E-state index contributed by atoms with van der Waals surface area (Å²) in [7, 11) is 0. The summed E-state index contributed by atoms with van der Waals surface area (Å²) in [6.07, 6.45) is 4.57. The maximum absolute atomic E-state index is 12.8. The summed E-state index contributed by atoms with van der Waals surface area (Å²) in [5.74, 6) is -0.334. The molecule has 0 aliphatic carbocycles. The van der Waals surface area contributed by atoms with Gasteiger partial charge in [0.25, 0.3) is 5.91 Å². The highest BCUT2D eigenvalue weighted by Gasteiger charge is 2.35. The van der Waals surface area contributed by atoms with Crippen molar-refractivity contribution in [2.24, 2.45) is 10.1 Å². The summed E-state index contributed by atoms with van der Waals surface area (Å²) in [6.45, 7) is 2.70. The molecule has 1 N–H and O–H groups in total. The van der Waals surface area contributed by atoms with Crippen LogP contribution >= 0.6 is 11.8 Å². The molecule has 7 heteroatoms. The third-order valence-electron chi connectivity index (χ3n) is 6.14. The van der Waals surface area contributed by atoms with Gasteiger partial charge in [-0.3, -0.25) is 10.2 Å². The summed E-state index contributed by atoms with van der Waals surface area (Å²) in [5, 5.41) is 19.3. The smallest absolute Gasteiger partial charge is 0.283 e. The molecule has 2 aliphatic heterocycles. The van der Waals surface area contributed by atoms with E-state index in [2.05, 4.69) is 69.4 Å². The zero-order valence-electron chi connectivity index (χ0n) is 18.5. The molecule has 0 atom stereocenters. The highest BCUT2D eigenvalue weighted by atomic mass is 32.2. The number of amidine groups is 2. The van der Waals surface area contributed by atoms with E-state index in [9.17, 15) is 4.79 Å². The van der Waals surface area contributed by atoms with Crippen molar-refractivity contribution in [1.82, 2.24) is 9.58 Å². The van der Waals surface area contributed by atoms with Crippen LogP contribution in [0.4, 0.5) is 0 Å². The second kappa shape index (κ2) is 8.11. The Kier molecular flexibility index (Phi) is 4.92. The molecule has 1 amide bonds. The molecule has 0 bridgehead atoms.